The number of carbonyl (C=O) groups is 2. The maximum Gasteiger partial charge on any atom is 0.326 e. The van der Waals surface area contributed by atoms with Gasteiger partial charge in [-0.25, -0.2) is 9.59 Å². The minimum Gasteiger partial charge on any atom is -0.480 e. The van der Waals surface area contributed by atoms with Gasteiger partial charge in [-0.2, -0.15) is 0 Å². The molecule has 27 heavy (non-hydrogen) atoms. The SMILES string of the molecule is O=C(O)[C@@H]1CCCN1C(=O)Nc1ccc(C23CC4CC(CC(C4)C2)C3)cc1. The van der Waals surface area contributed by atoms with Crippen molar-refractivity contribution in [1.82, 2.24) is 4.90 Å². The van der Waals surface area contributed by atoms with Gasteiger partial charge in [0.25, 0.3) is 0 Å². The second-order valence-corrected chi connectivity index (χ2v) is 9.40. The Morgan fingerprint density at radius 3 is 2.15 bits per heavy atom. The molecule has 2 N–H and O–H groups in total. The molecule has 5 aliphatic rings. The molecule has 5 heteroatoms. The summed E-state index contributed by atoms with van der Waals surface area (Å²) in [5, 5.41) is 12.2. The van der Waals surface area contributed by atoms with Crippen LogP contribution >= 0.6 is 0 Å². The van der Waals surface area contributed by atoms with Crippen LogP contribution in [0.1, 0.15) is 56.9 Å². The quantitative estimate of drug-likeness (QED) is 0.838. The van der Waals surface area contributed by atoms with Crippen LogP contribution in [-0.2, 0) is 10.2 Å². The van der Waals surface area contributed by atoms with Crippen molar-refractivity contribution in [2.75, 3.05) is 11.9 Å². The number of rotatable bonds is 3. The van der Waals surface area contributed by atoms with E-state index >= 15 is 0 Å². The molecule has 6 rings (SSSR count). The van der Waals surface area contributed by atoms with Gasteiger partial charge < -0.3 is 15.3 Å². The Labute approximate surface area is 160 Å². The van der Waals surface area contributed by atoms with Crippen molar-refractivity contribution in [1.29, 1.82) is 0 Å². The van der Waals surface area contributed by atoms with E-state index in [1.165, 1.54) is 49.0 Å². The zero-order chi connectivity index (χ0) is 18.6. The molecule has 4 bridgehead atoms. The fraction of sp³-hybridized carbons (Fsp3) is 0.636. The predicted molar refractivity (Wildman–Crippen MR) is 103 cm³/mol. The van der Waals surface area contributed by atoms with Crippen LogP contribution in [0.3, 0.4) is 0 Å². The lowest BCUT2D eigenvalue weighted by Crippen LogP contribution is -2.48. The minimum atomic E-state index is -0.917. The minimum absolute atomic E-state index is 0.303. The second-order valence-electron chi connectivity index (χ2n) is 9.40. The molecule has 4 aliphatic carbocycles. The van der Waals surface area contributed by atoms with E-state index in [4.69, 9.17) is 0 Å². The molecule has 1 aromatic carbocycles. The van der Waals surface area contributed by atoms with Crippen molar-refractivity contribution in [2.24, 2.45) is 17.8 Å². The monoisotopic (exact) mass is 368 g/mol. The van der Waals surface area contributed by atoms with Crippen molar-refractivity contribution >= 4 is 17.7 Å². The lowest BCUT2D eigenvalue weighted by Gasteiger charge is -2.57. The van der Waals surface area contributed by atoms with Crippen molar-refractivity contribution < 1.29 is 14.7 Å². The van der Waals surface area contributed by atoms with Gasteiger partial charge in [-0.3, -0.25) is 0 Å². The number of hydrogen-bond donors (Lipinski definition) is 2. The summed E-state index contributed by atoms with van der Waals surface area (Å²) in [6, 6.07) is 7.39. The molecule has 0 radical (unpaired) electrons. The first kappa shape index (κ1) is 17.1. The zero-order valence-electron chi connectivity index (χ0n) is 15.7. The van der Waals surface area contributed by atoms with Gasteiger partial charge in [-0.05, 0) is 92.2 Å². The van der Waals surface area contributed by atoms with Gasteiger partial charge in [0.05, 0.1) is 0 Å². The molecule has 1 saturated heterocycles. The fourth-order valence-corrected chi connectivity index (χ4v) is 6.83. The number of nitrogens with zero attached hydrogens (tertiary/aromatic N) is 1. The average molecular weight is 368 g/mol. The molecule has 0 spiro atoms. The van der Waals surface area contributed by atoms with E-state index < -0.39 is 12.0 Å². The molecule has 1 atom stereocenters. The molecule has 1 aromatic rings. The first-order chi connectivity index (χ1) is 13.0. The Kier molecular flexibility index (Phi) is 3.95. The van der Waals surface area contributed by atoms with E-state index in [-0.39, 0.29) is 6.03 Å². The van der Waals surface area contributed by atoms with Gasteiger partial charge in [0.1, 0.15) is 6.04 Å². The smallest absolute Gasteiger partial charge is 0.326 e. The van der Waals surface area contributed by atoms with Crippen LogP contribution in [0.15, 0.2) is 24.3 Å². The molecule has 5 fully saturated rings. The molecule has 144 valence electrons. The number of hydrogen-bond acceptors (Lipinski definition) is 2. The van der Waals surface area contributed by atoms with Gasteiger partial charge in [-0.15, -0.1) is 0 Å². The normalized spacial score (nSPS) is 36.8. The molecule has 2 amide bonds. The highest BCUT2D eigenvalue weighted by Crippen LogP contribution is 2.60. The molecule has 5 nitrogen and oxygen atoms in total. The Balaban J connectivity index is 1.30. The highest BCUT2D eigenvalue weighted by atomic mass is 16.4. The van der Waals surface area contributed by atoms with E-state index in [2.05, 4.69) is 17.4 Å². The third kappa shape index (κ3) is 2.91. The van der Waals surface area contributed by atoms with Crippen LogP contribution in [0.25, 0.3) is 0 Å². The molecule has 4 saturated carbocycles. The number of carboxylic acids is 1. The van der Waals surface area contributed by atoms with Gasteiger partial charge in [-0.1, -0.05) is 12.1 Å². The number of likely N-dealkylation sites (tertiary alicyclic amines) is 1. The maximum absolute atomic E-state index is 12.5. The predicted octanol–water partition coefficient (Wildman–Crippen LogP) is 4.24. The number of aliphatic carboxylic acids is 1. The third-order valence-corrected chi connectivity index (χ3v) is 7.59. The van der Waals surface area contributed by atoms with Gasteiger partial charge in [0, 0.05) is 12.2 Å². The number of amides is 2. The van der Waals surface area contributed by atoms with Gasteiger partial charge in [0.15, 0.2) is 0 Å². The van der Waals surface area contributed by atoms with E-state index in [1.54, 1.807) is 0 Å². The summed E-state index contributed by atoms with van der Waals surface area (Å²) < 4.78 is 0. The number of benzene rings is 1. The molecule has 1 heterocycles. The Morgan fingerprint density at radius 2 is 1.59 bits per heavy atom. The number of nitrogens with one attached hydrogen (secondary N) is 1. The summed E-state index contributed by atoms with van der Waals surface area (Å²) >= 11 is 0. The van der Waals surface area contributed by atoms with Crippen molar-refractivity contribution in [3.63, 3.8) is 0 Å². The third-order valence-electron chi connectivity index (χ3n) is 7.59. The molecule has 1 aliphatic heterocycles. The fourth-order valence-electron chi connectivity index (χ4n) is 6.83. The first-order valence-corrected chi connectivity index (χ1v) is 10.4. The number of carbonyl (C=O) groups excluding carboxylic acids is 1. The molecule has 0 aromatic heterocycles. The van der Waals surface area contributed by atoms with Gasteiger partial charge >= 0.3 is 12.0 Å². The Morgan fingerprint density at radius 1 is 1.00 bits per heavy atom. The van der Waals surface area contributed by atoms with Crippen LogP contribution in [0.2, 0.25) is 0 Å². The van der Waals surface area contributed by atoms with Crippen LogP contribution in [0, 0.1) is 17.8 Å². The van der Waals surface area contributed by atoms with Crippen LogP contribution in [0.4, 0.5) is 10.5 Å². The zero-order valence-corrected chi connectivity index (χ0v) is 15.7. The summed E-state index contributed by atoms with van der Waals surface area (Å²) in [4.78, 5) is 25.2. The summed E-state index contributed by atoms with van der Waals surface area (Å²) in [6.07, 6.45) is 9.59. The second kappa shape index (κ2) is 6.25. The summed E-state index contributed by atoms with van der Waals surface area (Å²) in [6.45, 7) is 0.508. The van der Waals surface area contributed by atoms with Gasteiger partial charge in [0.2, 0.25) is 0 Å². The van der Waals surface area contributed by atoms with Crippen LogP contribution in [-0.4, -0.2) is 34.6 Å². The van der Waals surface area contributed by atoms with E-state index in [0.29, 0.717) is 18.4 Å². The largest absolute Gasteiger partial charge is 0.480 e. The number of carboxylic acid groups (broad SMARTS) is 1. The van der Waals surface area contributed by atoms with E-state index in [9.17, 15) is 14.7 Å². The standard InChI is InChI=1S/C22H28N2O3/c25-20(26)19-2-1-7-24(19)21(27)23-18-5-3-17(4-6-18)22-11-14-8-15(12-22)10-16(9-14)13-22/h3-6,14-16,19H,1-2,7-13H2,(H,23,27)(H,25,26)/t14?,15?,16?,19-,22?/m0/s1. The lowest BCUT2D eigenvalue weighted by molar-refractivity contribution is -0.141. The topological polar surface area (TPSA) is 69.6 Å². The Bertz CT molecular complexity index is 722. The van der Waals surface area contributed by atoms with Crippen LogP contribution in [0.5, 0.6) is 0 Å². The first-order valence-electron chi connectivity index (χ1n) is 10.4. The lowest BCUT2D eigenvalue weighted by atomic mass is 9.48. The number of urea groups is 1. The summed E-state index contributed by atoms with van der Waals surface area (Å²) in [5.41, 5.74) is 2.55. The van der Waals surface area contributed by atoms with E-state index in [0.717, 1.165) is 29.9 Å². The van der Waals surface area contributed by atoms with Crippen molar-refractivity contribution in [3.8, 4) is 0 Å². The molecular weight excluding hydrogens is 340 g/mol. The average Bonchev–Trinajstić information content (AvgIpc) is 3.11. The van der Waals surface area contributed by atoms with Crippen LogP contribution < -0.4 is 5.32 Å². The van der Waals surface area contributed by atoms with Crippen molar-refractivity contribution in [3.05, 3.63) is 29.8 Å². The maximum atomic E-state index is 12.5. The van der Waals surface area contributed by atoms with Crippen molar-refractivity contribution in [2.45, 2.75) is 62.8 Å². The molecular formula is C22H28N2O3. The van der Waals surface area contributed by atoms with E-state index in [1.807, 2.05) is 12.1 Å². The molecule has 0 unspecified atom stereocenters. The highest BCUT2D eigenvalue weighted by molar-refractivity contribution is 5.92. The summed E-state index contributed by atoms with van der Waals surface area (Å²) in [7, 11) is 0. The summed E-state index contributed by atoms with van der Waals surface area (Å²) in [5.74, 6) is 1.83. The Hall–Kier alpha value is -2.04. The number of anilines is 1. The highest BCUT2D eigenvalue weighted by Gasteiger charge is 2.51.